The molecule has 1 nitrogen and oxygen atoms in total. The Balaban J connectivity index is 2.16. The summed E-state index contributed by atoms with van der Waals surface area (Å²) in [4.78, 5) is 1.21. The lowest BCUT2D eigenvalue weighted by Crippen LogP contribution is -2.05. The molecule has 1 aromatic carbocycles. The van der Waals surface area contributed by atoms with Gasteiger partial charge in [0.25, 0.3) is 0 Å². The summed E-state index contributed by atoms with van der Waals surface area (Å²) >= 11 is 5.18. The van der Waals surface area contributed by atoms with Gasteiger partial charge in [0.2, 0.25) is 0 Å². The van der Waals surface area contributed by atoms with E-state index in [4.69, 9.17) is 0 Å². The van der Waals surface area contributed by atoms with Crippen LogP contribution in [0.5, 0.6) is 0 Å². The van der Waals surface area contributed by atoms with E-state index in [9.17, 15) is 4.39 Å². The summed E-state index contributed by atoms with van der Waals surface area (Å²) in [5, 5.41) is 5.33. The topological polar surface area (TPSA) is 12.0 Å². The first-order valence-electron chi connectivity index (χ1n) is 5.33. The van der Waals surface area contributed by atoms with E-state index in [1.807, 2.05) is 17.5 Å². The molecule has 0 bridgehead atoms. The molecule has 0 fully saturated rings. The van der Waals surface area contributed by atoms with Crippen LogP contribution >= 0.6 is 27.3 Å². The monoisotopic (exact) mass is 313 g/mol. The van der Waals surface area contributed by atoms with Crippen LogP contribution in [0.1, 0.15) is 23.4 Å². The molecule has 2 aromatic rings. The molecular formula is C13H13BrFNS. The van der Waals surface area contributed by atoms with Crippen LogP contribution in [0.4, 0.5) is 10.1 Å². The van der Waals surface area contributed by atoms with Crippen molar-refractivity contribution in [3.05, 3.63) is 50.4 Å². The lowest BCUT2D eigenvalue weighted by molar-refractivity contribution is 0.618. The van der Waals surface area contributed by atoms with Crippen molar-refractivity contribution in [1.82, 2.24) is 0 Å². The maximum atomic E-state index is 13.4. The summed E-state index contributed by atoms with van der Waals surface area (Å²) in [5.41, 5.74) is 1.47. The van der Waals surface area contributed by atoms with Crippen molar-refractivity contribution in [3.8, 4) is 0 Å². The summed E-state index contributed by atoms with van der Waals surface area (Å²) in [5.74, 6) is -0.174. The maximum absolute atomic E-state index is 13.4. The first kappa shape index (κ1) is 12.6. The third kappa shape index (κ3) is 2.87. The second-order valence-electron chi connectivity index (χ2n) is 3.96. The third-order valence-corrected chi connectivity index (χ3v) is 4.65. The van der Waals surface area contributed by atoms with Crippen LogP contribution < -0.4 is 5.32 Å². The molecule has 17 heavy (non-hydrogen) atoms. The SMILES string of the molecule is Cc1ccc(NC(C)c2sccc2Br)cc1F. The molecule has 0 saturated carbocycles. The number of benzene rings is 1. The van der Waals surface area contributed by atoms with Gasteiger partial charge in [-0.3, -0.25) is 0 Å². The van der Waals surface area contributed by atoms with Crippen LogP contribution in [-0.2, 0) is 0 Å². The Morgan fingerprint density at radius 3 is 2.71 bits per heavy atom. The average molecular weight is 314 g/mol. The Kier molecular flexibility index (Phi) is 3.84. The smallest absolute Gasteiger partial charge is 0.128 e. The van der Waals surface area contributed by atoms with Crippen molar-refractivity contribution in [2.24, 2.45) is 0 Å². The Labute approximate surface area is 113 Å². The molecule has 1 heterocycles. The van der Waals surface area contributed by atoms with Gasteiger partial charge in [0.15, 0.2) is 0 Å². The van der Waals surface area contributed by atoms with Crippen LogP contribution in [0.15, 0.2) is 34.1 Å². The van der Waals surface area contributed by atoms with Crippen molar-refractivity contribution in [1.29, 1.82) is 0 Å². The molecule has 0 aliphatic heterocycles. The fourth-order valence-electron chi connectivity index (χ4n) is 1.61. The zero-order valence-corrected chi connectivity index (χ0v) is 12.0. The predicted octanol–water partition coefficient (Wildman–Crippen LogP) is 5.13. The Morgan fingerprint density at radius 1 is 1.35 bits per heavy atom. The summed E-state index contributed by atoms with van der Waals surface area (Å²) in [6, 6.07) is 7.40. The zero-order valence-electron chi connectivity index (χ0n) is 9.63. The van der Waals surface area contributed by atoms with Crippen molar-refractivity contribution < 1.29 is 4.39 Å². The molecule has 1 atom stereocenters. The van der Waals surface area contributed by atoms with Crippen LogP contribution in [0.25, 0.3) is 0 Å². The van der Waals surface area contributed by atoms with Gasteiger partial charge in [-0.1, -0.05) is 6.07 Å². The second-order valence-corrected chi connectivity index (χ2v) is 5.76. The Morgan fingerprint density at radius 2 is 2.12 bits per heavy atom. The number of halogens is 2. The first-order chi connectivity index (χ1) is 8.08. The number of hydrogen-bond acceptors (Lipinski definition) is 2. The molecule has 0 spiro atoms. The lowest BCUT2D eigenvalue weighted by Gasteiger charge is -2.15. The van der Waals surface area contributed by atoms with E-state index in [0.717, 1.165) is 10.2 Å². The van der Waals surface area contributed by atoms with Gasteiger partial charge in [-0.2, -0.15) is 0 Å². The first-order valence-corrected chi connectivity index (χ1v) is 7.01. The number of aryl methyl sites for hydroxylation is 1. The van der Waals surface area contributed by atoms with E-state index in [0.29, 0.717) is 5.56 Å². The van der Waals surface area contributed by atoms with Gasteiger partial charge in [-0.25, -0.2) is 4.39 Å². The molecule has 2 rings (SSSR count). The molecule has 90 valence electrons. The number of thiophene rings is 1. The largest absolute Gasteiger partial charge is 0.378 e. The highest BCUT2D eigenvalue weighted by molar-refractivity contribution is 9.10. The average Bonchev–Trinajstić information content (AvgIpc) is 2.70. The second kappa shape index (κ2) is 5.19. The van der Waals surface area contributed by atoms with Gasteiger partial charge >= 0.3 is 0 Å². The van der Waals surface area contributed by atoms with Gasteiger partial charge in [0.05, 0.1) is 6.04 Å². The molecular weight excluding hydrogens is 301 g/mol. The van der Waals surface area contributed by atoms with Crippen molar-refractivity contribution in [2.45, 2.75) is 19.9 Å². The normalized spacial score (nSPS) is 12.5. The van der Waals surface area contributed by atoms with Crippen LogP contribution in [0, 0.1) is 12.7 Å². The van der Waals surface area contributed by atoms with Gasteiger partial charge in [0.1, 0.15) is 5.82 Å². The number of rotatable bonds is 3. The summed E-state index contributed by atoms with van der Waals surface area (Å²) in [7, 11) is 0. The van der Waals surface area contributed by atoms with Gasteiger partial charge < -0.3 is 5.32 Å². The molecule has 0 radical (unpaired) electrons. The Hall–Kier alpha value is -0.870. The quantitative estimate of drug-likeness (QED) is 0.828. The third-order valence-electron chi connectivity index (χ3n) is 2.59. The van der Waals surface area contributed by atoms with Crippen molar-refractivity contribution in [2.75, 3.05) is 5.32 Å². The van der Waals surface area contributed by atoms with E-state index in [2.05, 4.69) is 28.2 Å². The zero-order chi connectivity index (χ0) is 12.4. The van der Waals surface area contributed by atoms with Gasteiger partial charge in [0, 0.05) is 15.0 Å². The summed E-state index contributed by atoms with van der Waals surface area (Å²) < 4.78 is 14.5. The van der Waals surface area contributed by atoms with Crippen LogP contribution in [0.2, 0.25) is 0 Å². The van der Waals surface area contributed by atoms with E-state index in [1.165, 1.54) is 10.9 Å². The van der Waals surface area contributed by atoms with E-state index in [-0.39, 0.29) is 11.9 Å². The minimum absolute atomic E-state index is 0.159. The van der Waals surface area contributed by atoms with Crippen molar-refractivity contribution >= 4 is 33.0 Å². The fourth-order valence-corrected chi connectivity index (χ4v) is 3.34. The number of anilines is 1. The number of hydrogen-bond donors (Lipinski definition) is 1. The van der Waals surface area contributed by atoms with Gasteiger partial charge in [-0.05, 0) is 58.9 Å². The van der Waals surface area contributed by atoms with Crippen LogP contribution in [-0.4, -0.2) is 0 Å². The van der Waals surface area contributed by atoms with E-state index in [1.54, 1.807) is 24.3 Å². The summed E-state index contributed by atoms with van der Waals surface area (Å²) in [6.07, 6.45) is 0. The standard InChI is InChI=1S/C13H13BrFNS/c1-8-3-4-10(7-12(8)15)16-9(2)13-11(14)5-6-17-13/h3-7,9,16H,1-2H3. The molecule has 1 aromatic heterocycles. The van der Waals surface area contributed by atoms with Gasteiger partial charge in [-0.15, -0.1) is 11.3 Å². The van der Waals surface area contributed by atoms with Crippen molar-refractivity contribution in [3.63, 3.8) is 0 Å². The highest BCUT2D eigenvalue weighted by Crippen LogP contribution is 2.31. The highest BCUT2D eigenvalue weighted by atomic mass is 79.9. The minimum atomic E-state index is -0.174. The molecule has 1 N–H and O–H groups in total. The molecule has 0 aliphatic rings. The highest BCUT2D eigenvalue weighted by Gasteiger charge is 2.11. The van der Waals surface area contributed by atoms with E-state index < -0.39 is 0 Å². The molecule has 0 saturated heterocycles. The maximum Gasteiger partial charge on any atom is 0.128 e. The number of nitrogens with one attached hydrogen (secondary N) is 1. The molecule has 0 aliphatic carbocycles. The Bertz CT molecular complexity index is 524. The molecule has 1 unspecified atom stereocenters. The lowest BCUT2D eigenvalue weighted by atomic mass is 10.2. The predicted molar refractivity (Wildman–Crippen MR) is 75.2 cm³/mol. The van der Waals surface area contributed by atoms with E-state index >= 15 is 0 Å². The fraction of sp³-hybridized carbons (Fsp3) is 0.231. The minimum Gasteiger partial charge on any atom is -0.378 e. The van der Waals surface area contributed by atoms with Crippen LogP contribution in [0.3, 0.4) is 0 Å². The molecule has 4 heteroatoms. The summed E-state index contributed by atoms with van der Waals surface area (Å²) in [6.45, 7) is 3.83. The molecule has 0 amide bonds.